The summed E-state index contributed by atoms with van der Waals surface area (Å²) in [6.07, 6.45) is 3.96. The molecule has 0 aromatic carbocycles. The van der Waals surface area contributed by atoms with Gasteiger partial charge in [-0.05, 0) is 35.0 Å². The molecule has 0 N–H and O–H groups in total. The number of nitrogens with zero attached hydrogens (tertiary/aromatic N) is 4. The van der Waals surface area contributed by atoms with E-state index in [4.69, 9.17) is 4.42 Å². The summed E-state index contributed by atoms with van der Waals surface area (Å²) in [4.78, 5) is 16.6. The Morgan fingerprint density at radius 1 is 1.35 bits per heavy atom. The summed E-state index contributed by atoms with van der Waals surface area (Å²) < 4.78 is 8.23. The predicted molar refractivity (Wildman–Crippen MR) is 89.8 cm³/mol. The van der Waals surface area contributed by atoms with Crippen molar-refractivity contribution in [2.24, 2.45) is 0 Å². The molecule has 0 atom stereocenters. The highest BCUT2D eigenvalue weighted by atomic mass is 79.9. The van der Waals surface area contributed by atoms with Crippen molar-refractivity contribution in [2.75, 3.05) is 26.2 Å². The normalized spacial score (nSPS) is 16.0. The SMILES string of the molecule is Cc1c(Br)cnn1CCC(=O)N1CCN(Cc2ccco2)CC1. The van der Waals surface area contributed by atoms with Gasteiger partial charge in [0.05, 0.1) is 23.5 Å². The van der Waals surface area contributed by atoms with E-state index in [2.05, 4.69) is 25.9 Å². The van der Waals surface area contributed by atoms with Gasteiger partial charge in [0.15, 0.2) is 0 Å². The van der Waals surface area contributed by atoms with Gasteiger partial charge in [0, 0.05) is 44.8 Å². The first-order valence-corrected chi connectivity index (χ1v) is 8.63. The standard InChI is InChI=1S/C16H21BrN4O2/c1-13-15(17)11-18-21(13)5-4-16(22)20-8-6-19(7-9-20)12-14-3-2-10-23-14/h2-3,10-11H,4-9,12H2,1H3. The first kappa shape index (κ1) is 16.3. The fourth-order valence-electron chi connectivity index (χ4n) is 2.79. The highest BCUT2D eigenvalue weighted by molar-refractivity contribution is 9.10. The van der Waals surface area contributed by atoms with Gasteiger partial charge in [0.1, 0.15) is 5.76 Å². The molecule has 0 radical (unpaired) electrons. The Morgan fingerprint density at radius 2 is 2.13 bits per heavy atom. The molecule has 0 unspecified atom stereocenters. The van der Waals surface area contributed by atoms with Gasteiger partial charge in [-0.3, -0.25) is 14.4 Å². The zero-order valence-corrected chi connectivity index (χ0v) is 14.8. The van der Waals surface area contributed by atoms with Crippen molar-refractivity contribution in [2.45, 2.75) is 26.4 Å². The van der Waals surface area contributed by atoms with E-state index < -0.39 is 0 Å². The lowest BCUT2D eigenvalue weighted by molar-refractivity contribution is -0.133. The largest absolute Gasteiger partial charge is 0.468 e. The number of hydrogen-bond donors (Lipinski definition) is 0. The molecule has 3 heterocycles. The number of furan rings is 1. The summed E-state index contributed by atoms with van der Waals surface area (Å²) in [6, 6.07) is 3.90. The Hall–Kier alpha value is -1.60. The predicted octanol–water partition coefficient (Wildman–Crippen LogP) is 2.28. The lowest BCUT2D eigenvalue weighted by atomic mass is 10.2. The van der Waals surface area contributed by atoms with Crippen LogP contribution in [0.2, 0.25) is 0 Å². The van der Waals surface area contributed by atoms with Crippen molar-refractivity contribution in [1.82, 2.24) is 19.6 Å². The van der Waals surface area contributed by atoms with Crippen molar-refractivity contribution in [3.63, 3.8) is 0 Å². The molecular formula is C16H21BrN4O2. The average Bonchev–Trinajstić information content (AvgIpc) is 3.17. The van der Waals surface area contributed by atoms with Crippen LogP contribution in [-0.2, 0) is 17.9 Å². The molecule has 1 saturated heterocycles. The Labute approximate surface area is 144 Å². The quantitative estimate of drug-likeness (QED) is 0.798. The van der Waals surface area contributed by atoms with Crippen molar-refractivity contribution in [3.05, 3.63) is 40.5 Å². The molecule has 1 aliphatic heterocycles. The minimum absolute atomic E-state index is 0.202. The maximum absolute atomic E-state index is 12.3. The summed E-state index contributed by atoms with van der Waals surface area (Å²) in [5.41, 5.74) is 1.06. The molecule has 0 spiro atoms. The van der Waals surface area contributed by atoms with E-state index in [1.165, 1.54) is 0 Å². The number of aromatic nitrogens is 2. The summed E-state index contributed by atoms with van der Waals surface area (Å²) in [6.45, 7) is 6.77. The van der Waals surface area contributed by atoms with Crippen LogP contribution in [0, 0.1) is 6.92 Å². The maximum atomic E-state index is 12.3. The molecule has 1 aliphatic rings. The van der Waals surface area contributed by atoms with Gasteiger partial charge in [-0.1, -0.05) is 0 Å². The topological polar surface area (TPSA) is 54.5 Å². The number of piperazine rings is 1. The molecule has 0 saturated carbocycles. The third-order valence-electron chi connectivity index (χ3n) is 4.27. The van der Waals surface area contributed by atoms with Gasteiger partial charge < -0.3 is 9.32 Å². The molecule has 1 fully saturated rings. The number of amides is 1. The number of hydrogen-bond acceptors (Lipinski definition) is 4. The summed E-state index contributed by atoms with van der Waals surface area (Å²) in [5.74, 6) is 1.18. The molecule has 1 amide bonds. The van der Waals surface area contributed by atoms with Gasteiger partial charge in [0.2, 0.25) is 5.91 Å². The second kappa shape index (κ2) is 7.31. The van der Waals surface area contributed by atoms with E-state index in [0.717, 1.165) is 48.7 Å². The van der Waals surface area contributed by atoms with Gasteiger partial charge in [-0.2, -0.15) is 5.10 Å². The third-order valence-corrected chi connectivity index (χ3v) is 5.04. The number of rotatable bonds is 5. The molecule has 0 bridgehead atoms. The van der Waals surface area contributed by atoms with Gasteiger partial charge >= 0.3 is 0 Å². The molecule has 2 aromatic heterocycles. The summed E-state index contributed by atoms with van der Waals surface area (Å²) in [7, 11) is 0. The number of carbonyl (C=O) groups is 1. The molecule has 124 valence electrons. The van der Waals surface area contributed by atoms with Crippen molar-refractivity contribution < 1.29 is 9.21 Å². The zero-order chi connectivity index (χ0) is 16.2. The van der Waals surface area contributed by atoms with Crippen LogP contribution < -0.4 is 0 Å². The highest BCUT2D eigenvalue weighted by Gasteiger charge is 2.21. The van der Waals surface area contributed by atoms with Crippen LogP contribution in [0.3, 0.4) is 0 Å². The van der Waals surface area contributed by atoms with Crippen molar-refractivity contribution >= 4 is 21.8 Å². The van der Waals surface area contributed by atoms with Crippen LogP contribution in [0.5, 0.6) is 0 Å². The van der Waals surface area contributed by atoms with Gasteiger partial charge in [0.25, 0.3) is 0 Å². The van der Waals surface area contributed by atoms with Gasteiger partial charge in [-0.25, -0.2) is 0 Å². The van der Waals surface area contributed by atoms with Gasteiger partial charge in [-0.15, -0.1) is 0 Å². The van der Waals surface area contributed by atoms with Crippen LogP contribution in [0.25, 0.3) is 0 Å². The fraction of sp³-hybridized carbons (Fsp3) is 0.500. The molecule has 23 heavy (non-hydrogen) atoms. The maximum Gasteiger partial charge on any atom is 0.224 e. The highest BCUT2D eigenvalue weighted by Crippen LogP contribution is 2.15. The molecule has 7 heteroatoms. The molecule has 2 aromatic rings. The van der Waals surface area contributed by atoms with Crippen LogP contribution >= 0.6 is 15.9 Å². The minimum atomic E-state index is 0.202. The summed E-state index contributed by atoms with van der Waals surface area (Å²) >= 11 is 3.44. The Kier molecular flexibility index (Phi) is 5.17. The van der Waals surface area contributed by atoms with E-state index in [1.54, 1.807) is 12.5 Å². The first-order chi connectivity index (χ1) is 11.1. The van der Waals surface area contributed by atoms with Crippen LogP contribution in [0.1, 0.15) is 17.9 Å². The average molecular weight is 381 g/mol. The number of carbonyl (C=O) groups excluding carboxylic acids is 1. The monoisotopic (exact) mass is 380 g/mol. The van der Waals surface area contributed by atoms with E-state index >= 15 is 0 Å². The lowest BCUT2D eigenvalue weighted by Gasteiger charge is -2.34. The Morgan fingerprint density at radius 3 is 2.74 bits per heavy atom. The van der Waals surface area contributed by atoms with E-state index in [-0.39, 0.29) is 5.91 Å². The fourth-order valence-corrected chi connectivity index (χ4v) is 3.08. The first-order valence-electron chi connectivity index (χ1n) is 7.84. The lowest BCUT2D eigenvalue weighted by Crippen LogP contribution is -2.48. The molecule has 0 aliphatic carbocycles. The van der Waals surface area contributed by atoms with Crippen LogP contribution in [0.15, 0.2) is 33.5 Å². The second-order valence-corrected chi connectivity index (χ2v) is 6.64. The Bertz CT molecular complexity index is 645. The minimum Gasteiger partial charge on any atom is -0.468 e. The number of halogens is 1. The van der Waals surface area contributed by atoms with E-state index in [9.17, 15) is 4.79 Å². The van der Waals surface area contributed by atoms with Crippen molar-refractivity contribution in [3.8, 4) is 0 Å². The smallest absolute Gasteiger partial charge is 0.224 e. The summed E-state index contributed by atoms with van der Waals surface area (Å²) in [5, 5.41) is 4.27. The number of aryl methyl sites for hydroxylation is 1. The third kappa shape index (κ3) is 4.03. The second-order valence-electron chi connectivity index (χ2n) is 5.79. The Balaban J connectivity index is 1.44. The molecular weight excluding hydrogens is 360 g/mol. The molecule has 6 nitrogen and oxygen atoms in total. The van der Waals surface area contributed by atoms with Crippen LogP contribution in [-0.4, -0.2) is 51.7 Å². The van der Waals surface area contributed by atoms with Crippen LogP contribution in [0.4, 0.5) is 0 Å². The molecule has 3 rings (SSSR count). The van der Waals surface area contributed by atoms with E-state index in [1.807, 2.05) is 28.6 Å². The zero-order valence-electron chi connectivity index (χ0n) is 13.2. The van der Waals surface area contributed by atoms with Crippen molar-refractivity contribution in [1.29, 1.82) is 0 Å². The van der Waals surface area contributed by atoms with E-state index in [0.29, 0.717) is 13.0 Å².